The first-order valence-corrected chi connectivity index (χ1v) is 6.33. The Morgan fingerprint density at radius 1 is 1.53 bits per heavy atom. The van der Waals surface area contributed by atoms with Gasteiger partial charge in [0, 0.05) is 11.4 Å². The van der Waals surface area contributed by atoms with E-state index in [1.807, 2.05) is 6.92 Å². The van der Waals surface area contributed by atoms with Gasteiger partial charge in [0.25, 0.3) is 5.91 Å². The van der Waals surface area contributed by atoms with Crippen LogP contribution in [0.3, 0.4) is 0 Å². The van der Waals surface area contributed by atoms with Crippen molar-refractivity contribution in [1.29, 1.82) is 0 Å². The third-order valence-electron chi connectivity index (χ3n) is 2.77. The Kier molecular flexibility index (Phi) is 4.62. The smallest absolute Gasteiger partial charge is 0.355 e. The summed E-state index contributed by atoms with van der Waals surface area (Å²) in [5.74, 6) is -1.05. The Labute approximate surface area is 104 Å². The van der Waals surface area contributed by atoms with Gasteiger partial charge in [-0.2, -0.15) is 0 Å². The molecule has 0 bridgehead atoms. The van der Waals surface area contributed by atoms with Gasteiger partial charge in [0.15, 0.2) is 10.7 Å². The first kappa shape index (κ1) is 13.6. The van der Waals surface area contributed by atoms with Crippen molar-refractivity contribution in [2.45, 2.75) is 33.2 Å². The number of aromatic nitrogens is 1. The van der Waals surface area contributed by atoms with Gasteiger partial charge in [-0.1, -0.05) is 20.3 Å². The number of nitrogens with zero attached hydrogens (tertiary/aromatic N) is 1. The molecule has 0 aliphatic heterocycles. The molecule has 2 unspecified atom stereocenters. The Hall–Kier alpha value is -1.43. The molecule has 0 saturated carbocycles. The van der Waals surface area contributed by atoms with Crippen LogP contribution in [-0.2, 0) is 0 Å². The summed E-state index contributed by atoms with van der Waals surface area (Å²) in [4.78, 5) is 26.1. The fraction of sp³-hybridized carbons (Fsp3) is 0.545. The monoisotopic (exact) mass is 256 g/mol. The molecule has 0 fully saturated rings. The minimum Gasteiger partial charge on any atom is -0.476 e. The second-order valence-electron chi connectivity index (χ2n) is 3.99. The normalized spacial score (nSPS) is 14.1. The average Bonchev–Trinajstić information content (AvgIpc) is 2.77. The fourth-order valence-corrected chi connectivity index (χ4v) is 1.93. The maximum Gasteiger partial charge on any atom is 0.355 e. The molecule has 0 aliphatic carbocycles. The molecule has 6 heteroatoms. The molecule has 0 saturated heterocycles. The second-order valence-corrected chi connectivity index (χ2v) is 4.85. The third kappa shape index (κ3) is 3.52. The molecule has 94 valence electrons. The zero-order chi connectivity index (χ0) is 13.0. The van der Waals surface area contributed by atoms with E-state index >= 15 is 0 Å². The summed E-state index contributed by atoms with van der Waals surface area (Å²) < 4.78 is 0. The van der Waals surface area contributed by atoms with Gasteiger partial charge in [0.2, 0.25) is 0 Å². The fourth-order valence-electron chi connectivity index (χ4n) is 1.24. The van der Waals surface area contributed by atoms with Crippen molar-refractivity contribution >= 4 is 23.2 Å². The number of carbonyl (C=O) groups is 2. The van der Waals surface area contributed by atoms with Crippen LogP contribution in [0.25, 0.3) is 0 Å². The number of carboxylic acids is 1. The number of carbonyl (C=O) groups excluding carboxylic acids is 1. The number of hydrogen-bond donors (Lipinski definition) is 2. The Balaban J connectivity index is 2.66. The van der Waals surface area contributed by atoms with Crippen LogP contribution in [0.4, 0.5) is 0 Å². The number of rotatable bonds is 5. The van der Waals surface area contributed by atoms with Crippen LogP contribution < -0.4 is 5.32 Å². The number of thiazole rings is 1. The van der Waals surface area contributed by atoms with Crippen molar-refractivity contribution in [2.75, 3.05) is 0 Å². The van der Waals surface area contributed by atoms with Crippen LogP contribution >= 0.6 is 11.3 Å². The van der Waals surface area contributed by atoms with E-state index in [0.29, 0.717) is 5.92 Å². The van der Waals surface area contributed by atoms with Gasteiger partial charge in [0.05, 0.1) is 0 Å². The summed E-state index contributed by atoms with van der Waals surface area (Å²) in [6.45, 7) is 6.03. The zero-order valence-corrected chi connectivity index (χ0v) is 10.9. The van der Waals surface area contributed by atoms with Crippen molar-refractivity contribution in [2.24, 2.45) is 5.92 Å². The van der Waals surface area contributed by atoms with Crippen LogP contribution in [0, 0.1) is 5.92 Å². The Morgan fingerprint density at radius 2 is 2.18 bits per heavy atom. The van der Waals surface area contributed by atoms with Gasteiger partial charge in [-0.05, 0) is 12.8 Å². The summed E-state index contributed by atoms with van der Waals surface area (Å²) in [6.07, 6.45) is 0.972. The molecule has 0 aliphatic rings. The largest absolute Gasteiger partial charge is 0.476 e. The highest BCUT2D eigenvalue weighted by atomic mass is 32.1. The van der Waals surface area contributed by atoms with Crippen LogP contribution in [0.15, 0.2) is 5.38 Å². The van der Waals surface area contributed by atoms with E-state index in [1.165, 1.54) is 5.38 Å². The van der Waals surface area contributed by atoms with E-state index < -0.39 is 5.97 Å². The molecular formula is C11H16N2O3S. The summed E-state index contributed by atoms with van der Waals surface area (Å²) in [7, 11) is 0. The highest BCUT2D eigenvalue weighted by Crippen LogP contribution is 2.12. The molecule has 1 rings (SSSR count). The molecule has 2 N–H and O–H groups in total. The van der Waals surface area contributed by atoms with Crippen LogP contribution in [-0.4, -0.2) is 28.0 Å². The van der Waals surface area contributed by atoms with E-state index in [1.54, 1.807) is 0 Å². The molecular weight excluding hydrogens is 240 g/mol. The summed E-state index contributed by atoms with van der Waals surface area (Å²) in [5, 5.41) is 13.1. The first-order valence-electron chi connectivity index (χ1n) is 5.45. The quantitative estimate of drug-likeness (QED) is 0.844. The van der Waals surface area contributed by atoms with Crippen molar-refractivity contribution in [3.8, 4) is 0 Å². The minimum absolute atomic E-state index is 0.0460. The molecule has 1 heterocycles. The molecule has 0 radical (unpaired) electrons. The minimum atomic E-state index is -1.12. The summed E-state index contributed by atoms with van der Waals surface area (Å²) in [6, 6.07) is 0.0460. The lowest BCUT2D eigenvalue weighted by Gasteiger charge is -2.18. The van der Waals surface area contributed by atoms with Crippen molar-refractivity contribution < 1.29 is 14.7 Å². The maximum absolute atomic E-state index is 11.8. The predicted octanol–water partition coefficient (Wildman–Crippen LogP) is 2.01. The van der Waals surface area contributed by atoms with Crippen LogP contribution in [0.1, 0.15) is 47.5 Å². The molecule has 2 atom stereocenters. The van der Waals surface area contributed by atoms with E-state index in [0.717, 1.165) is 17.8 Å². The summed E-state index contributed by atoms with van der Waals surface area (Å²) >= 11 is 1.04. The molecule has 17 heavy (non-hydrogen) atoms. The molecule has 5 nitrogen and oxygen atoms in total. The van der Waals surface area contributed by atoms with Crippen molar-refractivity contribution in [3.05, 3.63) is 16.1 Å². The first-order chi connectivity index (χ1) is 7.95. The zero-order valence-electron chi connectivity index (χ0n) is 10.1. The molecule has 1 aromatic heterocycles. The van der Waals surface area contributed by atoms with Crippen molar-refractivity contribution in [1.82, 2.24) is 10.3 Å². The standard InChI is InChI=1S/C11H16N2O3S/c1-4-6(2)7(3)12-9(14)10-13-8(5-17-10)11(15)16/h5-7H,4H2,1-3H3,(H,12,14)(H,15,16). The van der Waals surface area contributed by atoms with Gasteiger partial charge in [-0.15, -0.1) is 11.3 Å². The van der Waals surface area contributed by atoms with Crippen LogP contribution in [0.5, 0.6) is 0 Å². The van der Waals surface area contributed by atoms with Gasteiger partial charge < -0.3 is 10.4 Å². The van der Waals surface area contributed by atoms with Gasteiger partial charge in [-0.3, -0.25) is 4.79 Å². The SMILES string of the molecule is CCC(C)C(C)NC(=O)c1nc(C(=O)O)cs1. The third-order valence-corrected chi connectivity index (χ3v) is 3.61. The molecule has 1 amide bonds. The number of aromatic carboxylic acids is 1. The second kappa shape index (κ2) is 5.77. The Morgan fingerprint density at radius 3 is 2.65 bits per heavy atom. The lowest BCUT2D eigenvalue weighted by atomic mass is 10.0. The van der Waals surface area contributed by atoms with Crippen LogP contribution in [0.2, 0.25) is 0 Å². The van der Waals surface area contributed by atoms with Gasteiger partial charge in [-0.25, -0.2) is 9.78 Å². The van der Waals surface area contributed by atoms with E-state index in [2.05, 4.69) is 24.1 Å². The van der Waals surface area contributed by atoms with E-state index in [4.69, 9.17) is 5.11 Å². The van der Waals surface area contributed by atoms with E-state index in [-0.39, 0.29) is 22.7 Å². The number of amides is 1. The van der Waals surface area contributed by atoms with Gasteiger partial charge in [0.1, 0.15) is 0 Å². The number of hydrogen-bond acceptors (Lipinski definition) is 4. The summed E-state index contributed by atoms with van der Waals surface area (Å²) in [5.41, 5.74) is -0.0867. The highest BCUT2D eigenvalue weighted by Gasteiger charge is 2.18. The topological polar surface area (TPSA) is 79.3 Å². The maximum atomic E-state index is 11.8. The lowest BCUT2D eigenvalue weighted by molar-refractivity contribution is 0.0691. The van der Waals surface area contributed by atoms with Crippen molar-refractivity contribution in [3.63, 3.8) is 0 Å². The molecule has 1 aromatic rings. The highest BCUT2D eigenvalue weighted by molar-refractivity contribution is 7.11. The Bertz CT molecular complexity index is 417. The average molecular weight is 256 g/mol. The molecule has 0 aromatic carbocycles. The van der Waals surface area contributed by atoms with E-state index in [9.17, 15) is 9.59 Å². The predicted molar refractivity (Wildman–Crippen MR) is 65.5 cm³/mol. The number of nitrogens with one attached hydrogen (secondary N) is 1. The number of carboxylic acid groups (broad SMARTS) is 1. The van der Waals surface area contributed by atoms with Gasteiger partial charge >= 0.3 is 5.97 Å². The molecule has 0 spiro atoms. The lowest BCUT2D eigenvalue weighted by Crippen LogP contribution is -2.36.